The van der Waals surface area contributed by atoms with Crippen LogP contribution >= 0.6 is 15.6 Å². The van der Waals surface area contributed by atoms with Gasteiger partial charge in [0.05, 0.1) is 26.4 Å². The third-order valence-corrected chi connectivity index (χ3v) is 19.7. The molecule has 0 amide bonds. The fourth-order valence-corrected chi connectivity index (χ4v) is 13.0. The van der Waals surface area contributed by atoms with Gasteiger partial charge in [0.25, 0.3) is 0 Å². The van der Waals surface area contributed by atoms with Crippen LogP contribution in [0, 0.1) is 11.8 Å². The molecule has 0 heterocycles. The summed E-state index contributed by atoms with van der Waals surface area (Å²) in [4.78, 5) is 72.5. The number of hydrogen-bond donors (Lipinski definition) is 3. The number of ether oxygens (including phenoxy) is 4. The van der Waals surface area contributed by atoms with Crippen LogP contribution in [0.5, 0.6) is 0 Å². The summed E-state index contributed by atoms with van der Waals surface area (Å²) in [5.74, 6) is -0.455. The van der Waals surface area contributed by atoms with Crippen LogP contribution in [0.15, 0.2) is 0 Å². The average Bonchev–Trinajstić information content (AvgIpc) is 1.69. The van der Waals surface area contributed by atoms with Crippen molar-refractivity contribution in [2.75, 3.05) is 39.6 Å². The Morgan fingerprint density at radius 2 is 0.543 bits per heavy atom. The van der Waals surface area contributed by atoms with Crippen molar-refractivity contribution in [3.05, 3.63) is 0 Å². The van der Waals surface area contributed by atoms with Crippen LogP contribution in [0.4, 0.5) is 0 Å². The Labute approximate surface area is 575 Å². The van der Waals surface area contributed by atoms with Gasteiger partial charge in [-0.3, -0.25) is 37.3 Å². The Bertz CT molecular complexity index is 1820. The molecule has 19 heteroatoms. The molecule has 0 aliphatic carbocycles. The number of esters is 4. The molecule has 94 heavy (non-hydrogen) atoms. The molecule has 6 atom stereocenters. The maximum atomic E-state index is 13.1. The molecular weight excluding hydrogens is 1230 g/mol. The van der Waals surface area contributed by atoms with Crippen LogP contribution in [0.3, 0.4) is 0 Å². The van der Waals surface area contributed by atoms with E-state index in [0.29, 0.717) is 25.7 Å². The number of aliphatic hydroxyl groups excluding tert-OH is 1. The van der Waals surface area contributed by atoms with Crippen molar-refractivity contribution in [3.63, 3.8) is 0 Å². The van der Waals surface area contributed by atoms with E-state index in [9.17, 15) is 43.2 Å². The molecule has 17 nitrogen and oxygen atoms in total. The van der Waals surface area contributed by atoms with E-state index < -0.39 is 97.5 Å². The molecule has 558 valence electrons. The first-order valence-electron chi connectivity index (χ1n) is 39.0. The highest BCUT2D eigenvalue weighted by atomic mass is 31.2. The van der Waals surface area contributed by atoms with Gasteiger partial charge in [0.1, 0.15) is 19.3 Å². The highest BCUT2D eigenvalue weighted by Crippen LogP contribution is 2.45. The highest BCUT2D eigenvalue weighted by molar-refractivity contribution is 7.47. The Balaban J connectivity index is 5.12. The van der Waals surface area contributed by atoms with Crippen molar-refractivity contribution in [1.82, 2.24) is 0 Å². The number of unbranched alkanes of at least 4 members (excludes halogenated alkanes) is 43. The van der Waals surface area contributed by atoms with Crippen molar-refractivity contribution >= 4 is 39.5 Å². The number of hydrogen-bond acceptors (Lipinski definition) is 15. The van der Waals surface area contributed by atoms with Crippen molar-refractivity contribution in [1.29, 1.82) is 0 Å². The van der Waals surface area contributed by atoms with Gasteiger partial charge in [-0.25, -0.2) is 9.13 Å². The third-order valence-electron chi connectivity index (χ3n) is 17.8. The minimum atomic E-state index is -4.95. The van der Waals surface area contributed by atoms with Gasteiger partial charge in [-0.2, -0.15) is 0 Å². The lowest BCUT2D eigenvalue weighted by Crippen LogP contribution is -2.30. The lowest BCUT2D eigenvalue weighted by Gasteiger charge is -2.21. The Morgan fingerprint density at radius 3 is 0.809 bits per heavy atom. The molecule has 0 radical (unpaired) electrons. The van der Waals surface area contributed by atoms with Crippen molar-refractivity contribution in [3.8, 4) is 0 Å². The summed E-state index contributed by atoms with van der Waals surface area (Å²) in [6.45, 7) is 9.60. The molecule has 3 unspecified atom stereocenters. The maximum Gasteiger partial charge on any atom is 0.472 e. The number of rotatable bonds is 74. The SMILES string of the molecule is CCCCCCCCCCC(=O)O[C@H](COC(=O)CCCCCCCCC)COP(=O)(O)OC[C@H](O)COP(=O)(O)OC[C@@H](COC(=O)CCCCCCCCCCCCCCCCC(C)C)OC(=O)CCCCCCCCCCCCCCCCCCCCC(C)CC. The van der Waals surface area contributed by atoms with Crippen LogP contribution in [0.1, 0.15) is 388 Å². The Morgan fingerprint density at radius 1 is 0.309 bits per heavy atom. The molecule has 0 bridgehead atoms. The number of carbonyl (C=O) groups excluding carboxylic acids is 4. The molecule has 0 aromatic carbocycles. The zero-order chi connectivity index (χ0) is 69.3. The van der Waals surface area contributed by atoms with Crippen LogP contribution in [-0.2, 0) is 65.4 Å². The molecule has 0 saturated carbocycles. The monoisotopic (exact) mass is 1380 g/mol. The van der Waals surface area contributed by atoms with Crippen molar-refractivity contribution in [2.45, 2.75) is 407 Å². The molecule has 0 aliphatic heterocycles. The molecule has 0 rings (SSSR count). The number of phosphoric ester groups is 2. The van der Waals surface area contributed by atoms with E-state index in [1.54, 1.807) is 0 Å². The van der Waals surface area contributed by atoms with Gasteiger partial charge in [-0.05, 0) is 37.5 Å². The van der Waals surface area contributed by atoms with Crippen LogP contribution in [0.25, 0.3) is 0 Å². The highest BCUT2D eigenvalue weighted by Gasteiger charge is 2.30. The zero-order valence-corrected chi connectivity index (χ0v) is 63.1. The molecule has 0 aliphatic rings. The number of aliphatic hydroxyl groups is 1. The Hall–Kier alpha value is -1.94. The predicted molar refractivity (Wildman–Crippen MR) is 381 cm³/mol. The maximum absolute atomic E-state index is 13.1. The first-order chi connectivity index (χ1) is 45.4. The second-order valence-electron chi connectivity index (χ2n) is 27.8. The number of phosphoric acid groups is 2. The van der Waals surface area contributed by atoms with Crippen LogP contribution in [-0.4, -0.2) is 96.7 Å². The van der Waals surface area contributed by atoms with E-state index >= 15 is 0 Å². The lowest BCUT2D eigenvalue weighted by molar-refractivity contribution is -0.161. The molecule has 0 aromatic heterocycles. The average molecular weight is 1380 g/mol. The van der Waals surface area contributed by atoms with E-state index in [2.05, 4.69) is 41.5 Å². The minimum absolute atomic E-state index is 0.105. The van der Waals surface area contributed by atoms with E-state index in [1.165, 1.54) is 186 Å². The summed E-state index contributed by atoms with van der Waals surface area (Å²) in [5, 5.41) is 10.6. The summed E-state index contributed by atoms with van der Waals surface area (Å²) >= 11 is 0. The van der Waals surface area contributed by atoms with Crippen molar-refractivity contribution in [2.24, 2.45) is 11.8 Å². The summed E-state index contributed by atoms with van der Waals surface area (Å²) in [6.07, 6.45) is 54.4. The molecule has 0 fully saturated rings. The predicted octanol–water partition coefficient (Wildman–Crippen LogP) is 21.9. The summed E-state index contributed by atoms with van der Waals surface area (Å²) < 4.78 is 68.2. The fourth-order valence-electron chi connectivity index (χ4n) is 11.4. The molecule has 0 saturated heterocycles. The second kappa shape index (κ2) is 66.9. The van der Waals surface area contributed by atoms with Gasteiger partial charge in [0, 0.05) is 25.7 Å². The summed E-state index contributed by atoms with van der Waals surface area (Å²) in [7, 11) is -9.90. The van der Waals surface area contributed by atoms with Crippen LogP contribution < -0.4 is 0 Å². The third kappa shape index (κ3) is 67.3. The van der Waals surface area contributed by atoms with Gasteiger partial charge < -0.3 is 33.8 Å². The lowest BCUT2D eigenvalue weighted by atomic mass is 9.99. The standard InChI is InChI=1S/C75H146O17P2/c1-7-10-12-14-16-40-47-53-59-74(79)91-70(63-85-72(77)57-51-45-37-15-13-11-8-2)65-89-93(81,82)87-61-69(76)62-88-94(83,84)90-66-71(64-86-73(78)58-52-46-41-35-31-27-24-23-25-29-33-38-43-49-55-67(4)5)92-75(80)60-54-48-42-36-32-28-22-20-18-17-19-21-26-30-34-39-44-50-56-68(6)9-3/h67-71,76H,7-66H2,1-6H3,(H,81,82)(H,83,84)/t68?,69-,70+,71+/m0/s1. The zero-order valence-electron chi connectivity index (χ0n) is 61.3. The largest absolute Gasteiger partial charge is 0.472 e. The molecule has 3 N–H and O–H groups in total. The van der Waals surface area contributed by atoms with E-state index in [4.69, 9.17) is 37.0 Å². The smallest absolute Gasteiger partial charge is 0.462 e. The van der Waals surface area contributed by atoms with Gasteiger partial charge in [0.2, 0.25) is 0 Å². The van der Waals surface area contributed by atoms with Gasteiger partial charge in [0.15, 0.2) is 12.2 Å². The minimum Gasteiger partial charge on any atom is -0.462 e. The number of carbonyl (C=O) groups is 4. The fraction of sp³-hybridized carbons (Fsp3) is 0.947. The quantitative estimate of drug-likeness (QED) is 0.0222. The second-order valence-corrected chi connectivity index (χ2v) is 30.7. The van der Waals surface area contributed by atoms with E-state index in [-0.39, 0.29) is 25.7 Å². The van der Waals surface area contributed by atoms with Crippen LogP contribution in [0.2, 0.25) is 0 Å². The topological polar surface area (TPSA) is 237 Å². The molecule has 0 aromatic rings. The molecule has 0 spiro atoms. The van der Waals surface area contributed by atoms with Gasteiger partial charge >= 0.3 is 39.5 Å². The summed E-state index contributed by atoms with van der Waals surface area (Å²) in [5.41, 5.74) is 0. The van der Waals surface area contributed by atoms with Gasteiger partial charge in [-0.15, -0.1) is 0 Å². The molecular formula is C75H146O17P2. The van der Waals surface area contributed by atoms with Gasteiger partial charge in [-0.1, -0.05) is 337 Å². The normalized spacial score (nSPS) is 14.3. The van der Waals surface area contributed by atoms with E-state index in [1.807, 2.05) is 0 Å². The first kappa shape index (κ1) is 92.1. The van der Waals surface area contributed by atoms with E-state index in [0.717, 1.165) is 121 Å². The Kier molecular flexibility index (Phi) is 65.5. The first-order valence-corrected chi connectivity index (χ1v) is 42.0. The van der Waals surface area contributed by atoms with Crippen molar-refractivity contribution < 1.29 is 80.2 Å². The summed E-state index contributed by atoms with van der Waals surface area (Å²) in [6, 6.07) is 0.